The van der Waals surface area contributed by atoms with Gasteiger partial charge in [-0.1, -0.05) is 0 Å². The van der Waals surface area contributed by atoms with Crippen LogP contribution in [0.4, 0.5) is 15.8 Å². The molecule has 2 aromatic rings. The molecule has 0 unspecified atom stereocenters. The Morgan fingerprint density at radius 1 is 1.11 bits per heavy atom. The smallest absolute Gasteiger partial charge is 0.262 e. The normalized spacial score (nSPS) is 13.3. The zero-order chi connectivity index (χ0) is 20.1. The van der Waals surface area contributed by atoms with Crippen LogP contribution >= 0.6 is 0 Å². The fraction of sp³-hybridized carbons (Fsp3) is 0.333. The minimum Gasteiger partial charge on any atom is -0.493 e. The Morgan fingerprint density at radius 2 is 1.86 bits per heavy atom. The summed E-state index contributed by atoms with van der Waals surface area (Å²) in [5.74, 6) is -0.171. The first-order valence-electron chi connectivity index (χ1n) is 9.14. The number of ketones is 1. The largest absolute Gasteiger partial charge is 0.493 e. The van der Waals surface area contributed by atoms with Crippen molar-refractivity contribution in [1.82, 2.24) is 0 Å². The molecule has 1 fully saturated rings. The first-order chi connectivity index (χ1) is 13.5. The lowest BCUT2D eigenvalue weighted by molar-refractivity contribution is -0.118. The Kier molecular flexibility index (Phi) is 6.13. The van der Waals surface area contributed by atoms with E-state index in [1.54, 1.807) is 30.3 Å². The van der Waals surface area contributed by atoms with Gasteiger partial charge in [-0.15, -0.1) is 0 Å². The Balaban J connectivity index is 1.60. The zero-order valence-electron chi connectivity index (χ0n) is 16.0. The highest BCUT2D eigenvalue weighted by molar-refractivity contribution is 5.95. The van der Waals surface area contributed by atoms with E-state index >= 15 is 0 Å². The fourth-order valence-corrected chi connectivity index (χ4v) is 3.15. The third-order valence-electron chi connectivity index (χ3n) is 4.61. The van der Waals surface area contributed by atoms with Crippen LogP contribution in [0.3, 0.4) is 0 Å². The molecule has 1 saturated heterocycles. The number of benzene rings is 2. The number of hydrogen-bond donors (Lipinski definition) is 1. The Labute approximate surface area is 163 Å². The van der Waals surface area contributed by atoms with Crippen molar-refractivity contribution in [2.45, 2.75) is 19.8 Å². The fourth-order valence-electron chi connectivity index (χ4n) is 3.15. The molecule has 0 saturated carbocycles. The van der Waals surface area contributed by atoms with E-state index in [2.05, 4.69) is 5.32 Å². The SMILES string of the molecule is COc1cc(C(C)=O)ccc1OCC(=O)Nc1ccc(N2CCCC2)c(F)c1. The van der Waals surface area contributed by atoms with Crippen LogP contribution in [0.15, 0.2) is 36.4 Å². The Hall–Kier alpha value is -3.09. The van der Waals surface area contributed by atoms with Gasteiger partial charge >= 0.3 is 0 Å². The molecule has 2 aromatic carbocycles. The second kappa shape index (κ2) is 8.73. The van der Waals surface area contributed by atoms with Crippen LogP contribution < -0.4 is 19.7 Å². The van der Waals surface area contributed by atoms with Gasteiger partial charge in [-0.25, -0.2) is 4.39 Å². The van der Waals surface area contributed by atoms with Gasteiger partial charge in [0.25, 0.3) is 5.91 Å². The van der Waals surface area contributed by atoms with Crippen molar-refractivity contribution in [2.24, 2.45) is 0 Å². The first kappa shape index (κ1) is 19.7. The Morgan fingerprint density at radius 3 is 2.50 bits per heavy atom. The number of Topliss-reactive ketones (excluding diaryl/α,β-unsaturated/α-hetero) is 1. The molecule has 1 N–H and O–H groups in total. The van der Waals surface area contributed by atoms with Crippen molar-refractivity contribution >= 4 is 23.1 Å². The number of methoxy groups -OCH3 is 1. The molecule has 1 amide bonds. The van der Waals surface area contributed by atoms with Gasteiger partial charge in [-0.3, -0.25) is 9.59 Å². The molecule has 1 heterocycles. The van der Waals surface area contributed by atoms with E-state index in [1.807, 2.05) is 4.90 Å². The van der Waals surface area contributed by atoms with Crippen molar-refractivity contribution < 1.29 is 23.5 Å². The van der Waals surface area contributed by atoms with E-state index < -0.39 is 5.91 Å². The van der Waals surface area contributed by atoms with Crippen molar-refractivity contribution in [3.05, 3.63) is 47.8 Å². The molecule has 0 aromatic heterocycles. The summed E-state index contributed by atoms with van der Waals surface area (Å²) >= 11 is 0. The quantitative estimate of drug-likeness (QED) is 0.736. The number of ether oxygens (including phenoxy) is 2. The topological polar surface area (TPSA) is 67.9 Å². The van der Waals surface area contributed by atoms with Crippen LogP contribution in [0.25, 0.3) is 0 Å². The van der Waals surface area contributed by atoms with E-state index in [4.69, 9.17) is 9.47 Å². The molecule has 28 heavy (non-hydrogen) atoms. The van der Waals surface area contributed by atoms with Gasteiger partial charge in [0.15, 0.2) is 23.9 Å². The molecular weight excluding hydrogens is 363 g/mol. The molecule has 7 heteroatoms. The monoisotopic (exact) mass is 386 g/mol. The number of anilines is 2. The van der Waals surface area contributed by atoms with E-state index in [1.165, 1.54) is 20.1 Å². The number of halogens is 1. The van der Waals surface area contributed by atoms with E-state index in [0.717, 1.165) is 25.9 Å². The number of nitrogens with zero attached hydrogens (tertiary/aromatic N) is 1. The lowest BCUT2D eigenvalue weighted by Gasteiger charge is -2.19. The van der Waals surface area contributed by atoms with Crippen molar-refractivity contribution in [3.8, 4) is 11.5 Å². The molecular formula is C21H23FN2O4. The Bertz CT molecular complexity index is 879. The van der Waals surface area contributed by atoms with Gasteiger partial charge in [-0.2, -0.15) is 0 Å². The van der Waals surface area contributed by atoms with Crippen LogP contribution in [0, 0.1) is 5.82 Å². The lowest BCUT2D eigenvalue weighted by Crippen LogP contribution is -2.21. The number of carbonyl (C=O) groups excluding carboxylic acids is 2. The number of amides is 1. The average Bonchev–Trinajstić information content (AvgIpc) is 3.20. The maximum atomic E-state index is 14.3. The molecule has 0 atom stereocenters. The summed E-state index contributed by atoms with van der Waals surface area (Å²) in [7, 11) is 1.46. The second-order valence-corrected chi connectivity index (χ2v) is 6.62. The summed E-state index contributed by atoms with van der Waals surface area (Å²) in [4.78, 5) is 25.6. The standard InChI is InChI=1S/C21H23FN2O4/c1-14(25)15-5-8-19(20(11-15)27-2)28-13-21(26)23-16-6-7-18(17(22)12-16)24-9-3-4-10-24/h5-8,11-12H,3-4,9-10,13H2,1-2H3,(H,23,26). The van der Waals surface area contributed by atoms with Crippen LogP contribution in [-0.4, -0.2) is 38.5 Å². The van der Waals surface area contributed by atoms with E-state index in [0.29, 0.717) is 28.4 Å². The molecule has 6 nitrogen and oxygen atoms in total. The molecule has 0 radical (unpaired) electrons. The minimum atomic E-state index is -0.425. The zero-order valence-corrected chi connectivity index (χ0v) is 16.0. The highest BCUT2D eigenvalue weighted by Gasteiger charge is 2.17. The first-order valence-corrected chi connectivity index (χ1v) is 9.14. The van der Waals surface area contributed by atoms with Gasteiger partial charge < -0.3 is 19.7 Å². The lowest BCUT2D eigenvalue weighted by atomic mass is 10.1. The van der Waals surface area contributed by atoms with Crippen molar-refractivity contribution in [2.75, 3.05) is 37.0 Å². The predicted molar refractivity (Wildman–Crippen MR) is 105 cm³/mol. The number of nitrogens with one attached hydrogen (secondary N) is 1. The van der Waals surface area contributed by atoms with E-state index in [9.17, 15) is 14.0 Å². The van der Waals surface area contributed by atoms with Crippen molar-refractivity contribution in [3.63, 3.8) is 0 Å². The minimum absolute atomic E-state index is 0.0954. The third-order valence-corrected chi connectivity index (χ3v) is 4.61. The number of hydrogen-bond acceptors (Lipinski definition) is 5. The molecule has 148 valence electrons. The maximum absolute atomic E-state index is 14.3. The maximum Gasteiger partial charge on any atom is 0.262 e. The summed E-state index contributed by atoms with van der Waals surface area (Å²) in [6.07, 6.45) is 2.12. The van der Waals surface area contributed by atoms with Gasteiger partial charge in [0.2, 0.25) is 0 Å². The van der Waals surface area contributed by atoms with Gasteiger partial charge in [0.1, 0.15) is 5.82 Å². The number of carbonyl (C=O) groups is 2. The summed E-state index contributed by atoms with van der Waals surface area (Å²) < 4.78 is 25.0. The molecule has 3 rings (SSSR count). The third kappa shape index (κ3) is 4.60. The van der Waals surface area contributed by atoms with Gasteiger partial charge in [-0.05, 0) is 56.2 Å². The van der Waals surface area contributed by atoms with Gasteiger partial charge in [0, 0.05) is 24.3 Å². The molecule has 1 aliphatic heterocycles. The summed E-state index contributed by atoms with van der Waals surface area (Å²) in [5.41, 5.74) is 1.41. The highest BCUT2D eigenvalue weighted by atomic mass is 19.1. The molecule has 0 spiro atoms. The molecule has 1 aliphatic rings. The van der Waals surface area contributed by atoms with Gasteiger partial charge in [0.05, 0.1) is 12.8 Å². The summed E-state index contributed by atoms with van der Waals surface area (Å²) in [6.45, 7) is 2.88. The number of rotatable bonds is 7. The summed E-state index contributed by atoms with van der Waals surface area (Å²) in [5, 5.41) is 2.62. The second-order valence-electron chi connectivity index (χ2n) is 6.62. The highest BCUT2D eigenvalue weighted by Crippen LogP contribution is 2.29. The van der Waals surface area contributed by atoms with E-state index in [-0.39, 0.29) is 18.2 Å². The predicted octanol–water partition coefficient (Wildman–Crippen LogP) is 3.65. The van der Waals surface area contributed by atoms with Crippen molar-refractivity contribution in [1.29, 1.82) is 0 Å². The van der Waals surface area contributed by atoms with Crippen LogP contribution in [0.5, 0.6) is 11.5 Å². The van der Waals surface area contributed by atoms with Crippen LogP contribution in [-0.2, 0) is 4.79 Å². The summed E-state index contributed by atoms with van der Waals surface area (Å²) in [6, 6.07) is 9.41. The average molecular weight is 386 g/mol. The van der Waals surface area contributed by atoms with Crippen LogP contribution in [0.1, 0.15) is 30.1 Å². The molecule has 0 aliphatic carbocycles. The molecule has 0 bridgehead atoms. The van der Waals surface area contributed by atoms with Crippen LogP contribution in [0.2, 0.25) is 0 Å².